The molecule has 0 fully saturated rings. The Morgan fingerprint density at radius 2 is 1.90 bits per heavy atom. The van der Waals surface area contributed by atoms with E-state index < -0.39 is 11.9 Å². The molecule has 1 heterocycles. The number of hydrogen-bond donors (Lipinski definition) is 1. The molecule has 3 aromatic rings. The quantitative estimate of drug-likeness (QED) is 0.193. The van der Waals surface area contributed by atoms with E-state index in [-0.39, 0.29) is 6.61 Å². The van der Waals surface area contributed by atoms with Crippen molar-refractivity contribution in [2.75, 3.05) is 6.61 Å². The number of carbonyl (C=O) groups is 2. The Bertz CT molecular complexity index is 1040. The summed E-state index contributed by atoms with van der Waals surface area (Å²) in [5.74, 6) is 0.476. The summed E-state index contributed by atoms with van der Waals surface area (Å²) in [6.45, 7) is -0.196. The number of furan rings is 1. The third-order valence-corrected chi connectivity index (χ3v) is 3.83. The van der Waals surface area contributed by atoms with Gasteiger partial charge in [-0.15, -0.1) is 0 Å². The molecule has 0 aliphatic rings. The van der Waals surface area contributed by atoms with Crippen molar-refractivity contribution >= 4 is 35.8 Å². The number of hydrazone groups is 1. The van der Waals surface area contributed by atoms with E-state index in [1.165, 1.54) is 24.6 Å². The number of amides is 1. The van der Waals surface area contributed by atoms with Crippen molar-refractivity contribution in [3.8, 4) is 11.5 Å². The Morgan fingerprint density at radius 1 is 1.07 bits per heavy atom. The lowest BCUT2D eigenvalue weighted by molar-refractivity contribution is -0.129. The summed E-state index contributed by atoms with van der Waals surface area (Å²) in [7, 11) is 0. The van der Waals surface area contributed by atoms with Gasteiger partial charge in [-0.3, -0.25) is 4.79 Å². The number of esters is 1. The second-order valence-electron chi connectivity index (χ2n) is 5.88. The molecule has 3 rings (SSSR count). The molecule has 2 aromatic carbocycles. The molecule has 0 atom stereocenters. The van der Waals surface area contributed by atoms with E-state index in [1.54, 1.807) is 60.7 Å². The number of hydrogen-bond acceptors (Lipinski definition) is 6. The van der Waals surface area contributed by atoms with Gasteiger partial charge in [0.25, 0.3) is 5.91 Å². The zero-order valence-corrected chi connectivity index (χ0v) is 16.4. The predicted molar refractivity (Wildman–Crippen MR) is 113 cm³/mol. The highest BCUT2D eigenvalue weighted by molar-refractivity contribution is 6.30. The maximum atomic E-state index is 11.8. The minimum Gasteiger partial charge on any atom is -0.484 e. The van der Waals surface area contributed by atoms with Crippen LogP contribution in [0.15, 0.2) is 82.5 Å². The topological polar surface area (TPSA) is 90.1 Å². The molecule has 0 radical (unpaired) electrons. The first-order valence-electron chi connectivity index (χ1n) is 8.82. The minimum absolute atomic E-state index is 0.196. The summed E-state index contributed by atoms with van der Waals surface area (Å²) in [5, 5.41) is 4.38. The zero-order chi connectivity index (χ0) is 21.2. The first kappa shape index (κ1) is 20.9. The number of benzene rings is 2. The highest BCUT2D eigenvalue weighted by Crippen LogP contribution is 2.16. The molecule has 1 amide bonds. The average molecular weight is 425 g/mol. The molecule has 0 bridgehead atoms. The molecule has 1 aromatic heterocycles. The van der Waals surface area contributed by atoms with Gasteiger partial charge in [-0.1, -0.05) is 17.7 Å². The van der Waals surface area contributed by atoms with Crippen molar-refractivity contribution in [3.05, 3.63) is 89.3 Å². The van der Waals surface area contributed by atoms with Crippen molar-refractivity contribution in [2.24, 2.45) is 5.10 Å². The van der Waals surface area contributed by atoms with Crippen LogP contribution in [0.1, 0.15) is 11.3 Å². The number of rotatable bonds is 8. The summed E-state index contributed by atoms with van der Waals surface area (Å²) >= 11 is 5.85. The number of halogens is 1. The van der Waals surface area contributed by atoms with Crippen LogP contribution in [0, 0.1) is 0 Å². The SMILES string of the molecule is O=C(COc1cccc(Cl)c1)NN=Cc1ccc(OC(=O)C=Cc2ccco2)cc1. The fourth-order valence-electron chi connectivity index (χ4n) is 2.23. The van der Waals surface area contributed by atoms with Crippen LogP contribution in [0.3, 0.4) is 0 Å². The molecule has 0 aliphatic carbocycles. The summed E-state index contributed by atoms with van der Waals surface area (Å²) in [6.07, 6.45) is 5.76. The number of nitrogens with zero attached hydrogens (tertiary/aromatic N) is 1. The Morgan fingerprint density at radius 3 is 2.63 bits per heavy atom. The highest BCUT2D eigenvalue weighted by atomic mass is 35.5. The molecule has 0 saturated carbocycles. The van der Waals surface area contributed by atoms with Crippen LogP contribution in [-0.4, -0.2) is 24.7 Å². The van der Waals surface area contributed by atoms with Gasteiger partial charge in [-0.2, -0.15) is 5.10 Å². The molecular formula is C22H17ClN2O5. The molecule has 0 saturated heterocycles. The molecule has 7 nitrogen and oxygen atoms in total. The Kier molecular flexibility index (Phi) is 7.40. The van der Waals surface area contributed by atoms with E-state index in [0.717, 1.165) is 0 Å². The zero-order valence-electron chi connectivity index (χ0n) is 15.7. The van der Waals surface area contributed by atoms with Crippen LogP contribution < -0.4 is 14.9 Å². The van der Waals surface area contributed by atoms with E-state index in [9.17, 15) is 9.59 Å². The number of nitrogens with one attached hydrogen (secondary N) is 1. The molecular weight excluding hydrogens is 408 g/mol. The van der Waals surface area contributed by atoms with Crippen molar-refractivity contribution in [1.29, 1.82) is 0 Å². The third kappa shape index (κ3) is 6.96. The average Bonchev–Trinajstić information content (AvgIpc) is 3.26. The largest absolute Gasteiger partial charge is 0.484 e. The lowest BCUT2D eigenvalue weighted by Gasteiger charge is -2.05. The van der Waals surface area contributed by atoms with Gasteiger partial charge in [0.15, 0.2) is 6.61 Å². The van der Waals surface area contributed by atoms with Gasteiger partial charge in [-0.25, -0.2) is 10.2 Å². The van der Waals surface area contributed by atoms with Gasteiger partial charge in [0.2, 0.25) is 0 Å². The van der Waals surface area contributed by atoms with Gasteiger partial charge < -0.3 is 13.9 Å². The molecule has 0 spiro atoms. The van der Waals surface area contributed by atoms with E-state index >= 15 is 0 Å². The van der Waals surface area contributed by atoms with E-state index in [4.69, 9.17) is 25.5 Å². The Labute approximate surface area is 177 Å². The summed E-state index contributed by atoms with van der Waals surface area (Å²) in [5.41, 5.74) is 3.07. The highest BCUT2D eigenvalue weighted by Gasteiger charge is 2.03. The van der Waals surface area contributed by atoms with Gasteiger partial charge in [0, 0.05) is 11.1 Å². The van der Waals surface area contributed by atoms with Gasteiger partial charge in [0.05, 0.1) is 12.5 Å². The normalized spacial score (nSPS) is 11.0. The Hall–Kier alpha value is -3.84. The minimum atomic E-state index is -0.528. The van der Waals surface area contributed by atoms with Crippen LogP contribution in [0.25, 0.3) is 6.08 Å². The van der Waals surface area contributed by atoms with E-state index in [0.29, 0.717) is 27.8 Å². The van der Waals surface area contributed by atoms with Crippen molar-refractivity contribution in [3.63, 3.8) is 0 Å². The first-order chi connectivity index (χ1) is 14.6. The molecule has 8 heteroatoms. The fourth-order valence-corrected chi connectivity index (χ4v) is 2.41. The summed E-state index contributed by atoms with van der Waals surface area (Å²) in [6, 6.07) is 16.8. The smallest absolute Gasteiger partial charge is 0.336 e. The van der Waals surface area contributed by atoms with Gasteiger partial charge in [0.1, 0.15) is 17.3 Å². The molecule has 0 aliphatic heterocycles. The van der Waals surface area contributed by atoms with Crippen molar-refractivity contribution < 1.29 is 23.5 Å². The maximum absolute atomic E-state index is 11.8. The van der Waals surface area contributed by atoms with Crippen LogP contribution >= 0.6 is 11.6 Å². The van der Waals surface area contributed by atoms with Gasteiger partial charge >= 0.3 is 5.97 Å². The molecule has 30 heavy (non-hydrogen) atoms. The second-order valence-corrected chi connectivity index (χ2v) is 6.31. The van der Waals surface area contributed by atoms with E-state index in [1.807, 2.05) is 0 Å². The second kappa shape index (κ2) is 10.6. The van der Waals surface area contributed by atoms with Crippen LogP contribution in [0.4, 0.5) is 0 Å². The fraction of sp³-hybridized carbons (Fsp3) is 0.0455. The van der Waals surface area contributed by atoms with Gasteiger partial charge in [-0.05, 0) is 66.2 Å². The van der Waals surface area contributed by atoms with Crippen molar-refractivity contribution in [2.45, 2.75) is 0 Å². The standard InChI is InChI=1S/C22H17ClN2O5/c23-17-3-1-4-20(13-17)29-15-21(26)25-24-14-16-6-8-19(9-7-16)30-22(27)11-10-18-5-2-12-28-18/h1-14H,15H2,(H,25,26). The Balaban J connectivity index is 1.42. The van der Waals surface area contributed by atoms with Crippen LogP contribution in [0.5, 0.6) is 11.5 Å². The van der Waals surface area contributed by atoms with Crippen LogP contribution in [0.2, 0.25) is 5.02 Å². The number of ether oxygens (including phenoxy) is 2. The van der Waals surface area contributed by atoms with E-state index in [2.05, 4.69) is 10.5 Å². The molecule has 0 unspecified atom stereocenters. The first-order valence-corrected chi connectivity index (χ1v) is 9.20. The lowest BCUT2D eigenvalue weighted by atomic mass is 10.2. The monoisotopic (exact) mass is 424 g/mol. The summed E-state index contributed by atoms with van der Waals surface area (Å²) < 4.78 is 15.6. The predicted octanol–water partition coefficient (Wildman–Crippen LogP) is 4.08. The summed E-state index contributed by atoms with van der Waals surface area (Å²) in [4.78, 5) is 23.5. The van der Waals surface area contributed by atoms with Crippen LogP contribution in [-0.2, 0) is 9.59 Å². The third-order valence-electron chi connectivity index (χ3n) is 3.59. The maximum Gasteiger partial charge on any atom is 0.336 e. The molecule has 1 N–H and O–H groups in total. The number of carbonyl (C=O) groups excluding carboxylic acids is 2. The lowest BCUT2D eigenvalue weighted by Crippen LogP contribution is -2.24. The molecule has 152 valence electrons. The van der Waals surface area contributed by atoms with Crippen molar-refractivity contribution in [1.82, 2.24) is 5.43 Å².